The topological polar surface area (TPSA) is 135 Å². The van der Waals surface area contributed by atoms with Gasteiger partial charge in [-0.3, -0.25) is 4.55 Å². The number of halogens is 2. The molecule has 7 fully saturated rings. The second-order valence-corrected chi connectivity index (χ2v) is 15.3. The van der Waals surface area contributed by atoms with Crippen LogP contribution in [-0.2, 0) is 43.4 Å². The summed E-state index contributed by atoms with van der Waals surface area (Å²) >= 11 is 3.38. The molecule has 1 spiro atoms. The van der Waals surface area contributed by atoms with Crippen LogP contribution in [0.15, 0.2) is 0 Å². The standard InChI is InChI=1S/C22H28F2O10S3/c1-3-30-9(2)31-15-13-14(32-17(15)25)16-18(33-13)36-21(35-16)11-4-10-5-12(21)8-20(6-10,7-11)34-19(26)22(23,24)37(27,28)29/h9-16,18H,3-8H2,1-2H3,(H,27,28,29). The molecule has 0 aromatic heterocycles. The highest BCUT2D eigenvalue weighted by atomic mass is 32.2. The zero-order valence-corrected chi connectivity index (χ0v) is 22.5. The van der Waals surface area contributed by atoms with Gasteiger partial charge in [-0.15, -0.1) is 23.5 Å². The van der Waals surface area contributed by atoms with E-state index < -0.39 is 57.5 Å². The molecule has 208 valence electrons. The minimum Gasteiger partial charge on any atom is -0.456 e. The third kappa shape index (κ3) is 3.97. The van der Waals surface area contributed by atoms with E-state index in [4.69, 9.17) is 28.2 Å². The molecule has 15 heteroatoms. The van der Waals surface area contributed by atoms with Crippen LogP contribution in [0, 0.1) is 17.8 Å². The monoisotopic (exact) mass is 586 g/mol. The van der Waals surface area contributed by atoms with E-state index in [2.05, 4.69) is 0 Å². The van der Waals surface area contributed by atoms with E-state index in [0.717, 1.165) is 12.8 Å². The molecular weight excluding hydrogens is 558 g/mol. The molecule has 4 aliphatic carbocycles. The molecule has 8 unspecified atom stereocenters. The van der Waals surface area contributed by atoms with Gasteiger partial charge < -0.3 is 23.7 Å². The molecule has 8 atom stereocenters. The summed E-state index contributed by atoms with van der Waals surface area (Å²) in [5.41, 5.74) is -1.44. The van der Waals surface area contributed by atoms with Crippen LogP contribution in [0.2, 0.25) is 0 Å². The summed E-state index contributed by atoms with van der Waals surface area (Å²) in [6.07, 6.45) is 0.191. The van der Waals surface area contributed by atoms with Gasteiger partial charge in [0.15, 0.2) is 12.4 Å². The van der Waals surface area contributed by atoms with Crippen molar-refractivity contribution in [2.45, 2.75) is 96.2 Å². The average Bonchev–Trinajstić information content (AvgIpc) is 3.40. The Labute approximate surface area is 220 Å². The Morgan fingerprint density at radius 3 is 2.51 bits per heavy atom. The van der Waals surface area contributed by atoms with Crippen molar-refractivity contribution in [3.63, 3.8) is 0 Å². The number of hydrogen-bond donors (Lipinski definition) is 1. The number of carbonyl (C=O) groups is 2. The van der Waals surface area contributed by atoms with E-state index in [0.29, 0.717) is 25.9 Å². The Kier molecular flexibility index (Phi) is 6.19. The van der Waals surface area contributed by atoms with Crippen molar-refractivity contribution >= 4 is 45.6 Å². The summed E-state index contributed by atoms with van der Waals surface area (Å²) in [6, 6.07) is 0. The van der Waals surface area contributed by atoms with Crippen LogP contribution in [0.3, 0.4) is 0 Å². The molecule has 37 heavy (non-hydrogen) atoms. The van der Waals surface area contributed by atoms with Crippen LogP contribution in [-0.4, -0.2) is 81.7 Å². The predicted molar refractivity (Wildman–Crippen MR) is 125 cm³/mol. The number of carbonyl (C=O) groups excluding carboxylic acids is 2. The molecule has 4 bridgehead atoms. The largest absolute Gasteiger partial charge is 0.465 e. The third-order valence-electron chi connectivity index (χ3n) is 8.49. The zero-order chi connectivity index (χ0) is 26.5. The molecular formula is C22H28F2O10S3. The normalized spacial score (nSPS) is 46.7. The predicted octanol–water partition coefficient (Wildman–Crippen LogP) is 2.55. The van der Waals surface area contributed by atoms with Crippen molar-refractivity contribution in [1.82, 2.24) is 0 Å². The van der Waals surface area contributed by atoms with Gasteiger partial charge in [-0.2, -0.15) is 17.2 Å². The summed E-state index contributed by atoms with van der Waals surface area (Å²) in [5.74, 6) is -2.53. The number of esters is 2. The van der Waals surface area contributed by atoms with Crippen molar-refractivity contribution in [2.75, 3.05) is 6.61 Å². The molecule has 3 heterocycles. The zero-order valence-electron chi connectivity index (χ0n) is 20.0. The highest BCUT2D eigenvalue weighted by molar-refractivity contribution is 8.22. The van der Waals surface area contributed by atoms with Gasteiger partial charge in [0, 0.05) is 6.61 Å². The fourth-order valence-corrected chi connectivity index (χ4v) is 12.0. The minimum atomic E-state index is -5.94. The number of thioether (sulfide) groups is 2. The summed E-state index contributed by atoms with van der Waals surface area (Å²) in [7, 11) is -5.94. The molecule has 3 aliphatic heterocycles. The van der Waals surface area contributed by atoms with Crippen LogP contribution in [0.25, 0.3) is 0 Å². The van der Waals surface area contributed by atoms with E-state index in [1.807, 2.05) is 6.92 Å². The lowest BCUT2D eigenvalue weighted by molar-refractivity contribution is -0.202. The lowest BCUT2D eigenvalue weighted by Gasteiger charge is -2.63. The second kappa shape index (κ2) is 8.64. The fourth-order valence-electron chi connectivity index (χ4n) is 7.34. The first-order valence-corrected chi connectivity index (χ1v) is 15.6. The Morgan fingerprint density at radius 2 is 1.89 bits per heavy atom. The van der Waals surface area contributed by atoms with Crippen LogP contribution in [0.5, 0.6) is 0 Å². The molecule has 7 rings (SSSR count). The summed E-state index contributed by atoms with van der Waals surface area (Å²) < 4.78 is 87.0. The molecule has 10 nitrogen and oxygen atoms in total. The lowest BCUT2D eigenvalue weighted by atomic mass is 9.53. The van der Waals surface area contributed by atoms with Gasteiger partial charge in [-0.1, -0.05) is 0 Å². The lowest BCUT2D eigenvalue weighted by Crippen LogP contribution is -2.62. The van der Waals surface area contributed by atoms with Crippen molar-refractivity contribution in [1.29, 1.82) is 0 Å². The van der Waals surface area contributed by atoms with Crippen LogP contribution in [0.4, 0.5) is 8.78 Å². The van der Waals surface area contributed by atoms with Gasteiger partial charge in [0.1, 0.15) is 23.2 Å². The Balaban J connectivity index is 1.18. The molecule has 7 aliphatic rings. The number of hydrogen-bond acceptors (Lipinski definition) is 11. The highest BCUT2D eigenvalue weighted by Crippen LogP contribution is 2.74. The van der Waals surface area contributed by atoms with Gasteiger partial charge in [-0.05, 0) is 63.7 Å². The van der Waals surface area contributed by atoms with E-state index in [9.17, 15) is 26.8 Å². The smallest absolute Gasteiger partial charge is 0.456 e. The number of rotatable bonds is 7. The fraction of sp³-hybridized carbons (Fsp3) is 0.909. The maximum Gasteiger partial charge on any atom is 0.465 e. The van der Waals surface area contributed by atoms with Gasteiger partial charge in [0.2, 0.25) is 0 Å². The highest BCUT2D eigenvalue weighted by Gasteiger charge is 2.72. The minimum absolute atomic E-state index is 0.00989. The van der Waals surface area contributed by atoms with Crippen molar-refractivity contribution in [3.8, 4) is 0 Å². The van der Waals surface area contributed by atoms with Gasteiger partial charge >= 0.3 is 27.3 Å². The van der Waals surface area contributed by atoms with E-state index in [-0.39, 0.29) is 32.5 Å². The molecule has 0 radical (unpaired) electrons. The van der Waals surface area contributed by atoms with E-state index in [1.165, 1.54) is 0 Å². The average molecular weight is 587 g/mol. The van der Waals surface area contributed by atoms with Gasteiger partial charge in [0.05, 0.1) is 9.33 Å². The van der Waals surface area contributed by atoms with Crippen molar-refractivity contribution in [2.24, 2.45) is 17.8 Å². The van der Waals surface area contributed by atoms with Crippen molar-refractivity contribution < 1.29 is 55.0 Å². The van der Waals surface area contributed by atoms with Crippen LogP contribution >= 0.6 is 23.5 Å². The second-order valence-electron chi connectivity index (χ2n) is 10.8. The molecule has 0 aromatic rings. The number of alkyl halides is 2. The van der Waals surface area contributed by atoms with Crippen LogP contribution in [0.1, 0.15) is 46.0 Å². The van der Waals surface area contributed by atoms with Crippen LogP contribution < -0.4 is 0 Å². The SMILES string of the molecule is CCOC(C)OC1C(=O)OC2C1OC1SC3(SC12)C1CC2CC3CC(OC(=O)C(F)(F)S(=O)(=O)O)(C2)C1. The Morgan fingerprint density at radius 1 is 1.22 bits per heavy atom. The van der Waals surface area contributed by atoms with E-state index in [1.54, 1.807) is 30.4 Å². The number of ether oxygens (including phenoxy) is 5. The summed E-state index contributed by atoms with van der Waals surface area (Å²) in [5, 5.41) is -5.15. The molecule has 0 amide bonds. The molecule has 3 saturated heterocycles. The first kappa shape index (κ1) is 26.5. The maximum absolute atomic E-state index is 14.0. The Bertz CT molecular complexity index is 1090. The first-order chi connectivity index (χ1) is 17.3. The maximum atomic E-state index is 14.0. The summed E-state index contributed by atoms with van der Waals surface area (Å²) in [4.78, 5) is 24.7. The van der Waals surface area contributed by atoms with Crippen molar-refractivity contribution in [3.05, 3.63) is 0 Å². The Hall–Kier alpha value is -0.710. The third-order valence-corrected chi connectivity index (χ3v) is 13.6. The molecule has 4 saturated carbocycles. The number of fused-ring (bicyclic) bond motifs is 3. The first-order valence-electron chi connectivity index (χ1n) is 12.4. The molecule has 0 aromatic carbocycles. The van der Waals surface area contributed by atoms with Gasteiger partial charge in [-0.25, -0.2) is 9.59 Å². The van der Waals surface area contributed by atoms with Gasteiger partial charge in [0.25, 0.3) is 0 Å². The van der Waals surface area contributed by atoms with E-state index >= 15 is 0 Å². The quantitative estimate of drug-likeness (QED) is 0.267. The summed E-state index contributed by atoms with van der Waals surface area (Å²) in [6.45, 7) is 3.97. The molecule has 1 N–H and O–H groups in total.